The van der Waals surface area contributed by atoms with Crippen LogP contribution in [0.15, 0.2) is 42.5 Å². The molecular weight excluding hydrogens is 314 g/mol. The summed E-state index contributed by atoms with van der Waals surface area (Å²) < 4.78 is 5.25. The smallest absolute Gasteiger partial charge is 0.336 e. The Morgan fingerprint density at radius 1 is 1.12 bits per heavy atom. The van der Waals surface area contributed by atoms with Gasteiger partial charge in [0.25, 0.3) is 0 Å². The first-order valence-corrected chi connectivity index (χ1v) is 8.53. The van der Waals surface area contributed by atoms with Gasteiger partial charge in [-0.1, -0.05) is 18.2 Å². The number of methoxy groups -OCH3 is 1. The van der Waals surface area contributed by atoms with Crippen molar-refractivity contribution in [2.24, 2.45) is 0 Å². The van der Waals surface area contributed by atoms with Crippen LogP contribution in [0.4, 0.5) is 5.69 Å². The van der Waals surface area contributed by atoms with Gasteiger partial charge in [-0.15, -0.1) is 0 Å². The first kappa shape index (κ1) is 17.1. The molecule has 0 atom stereocenters. The predicted octanol–water partition coefficient (Wildman–Crippen LogP) is 4.23. The highest BCUT2D eigenvalue weighted by Crippen LogP contribution is 2.26. The van der Waals surface area contributed by atoms with E-state index in [1.165, 1.54) is 18.5 Å². The van der Waals surface area contributed by atoms with E-state index < -0.39 is 5.97 Å². The first-order chi connectivity index (χ1) is 12.1. The summed E-state index contributed by atoms with van der Waals surface area (Å²) in [6, 6.07) is 13.5. The Labute approximate surface area is 148 Å². The Kier molecular flexibility index (Phi) is 5.08. The number of hydrogen-bond donors (Lipinski definition) is 1. The summed E-state index contributed by atoms with van der Waals surface area (Å²) in [5, 5.41) is 9.62. The van der Waals surface area contributed by atoms with Crippen LogP contribution in [-0.2, 0) is 4.79 Å². The third-order valence-electron chi connectivity index (χ3n) is 4.61. The predicted molar refractivity (Wildman–Crippen MR) is 101 cm³/mol. The van der Waals surface area contributed by atoms with E-state index in [1.807, 2.05) is 25.1 Å². The standard InChI is InChI=1S/C21H23NO3/c1-15-13-17(7-10-20(15)25-2)19(21(23)24)14-16-5-8-18(9-6-16)22-11-3-4-12-22/h5-10,13-14H,3-4,11-12H2,1-2H3,(H,23,24)/b19-14-. The van der Waals surface area contributed by atoms with Gasteiger partial charge in [0.15, 0.2) is 0 Å². The van der Waals surface area contributed by atoms with E-state index in [0.717, 1.165) is 30.0 Å². The zero-order chi connectivity index (χ0) is 17.8. The minimum absolute atomic E-state index is 0.277. The molecule has 1 aliphatic heterocycles. The molecule has 0 radical (unpaired) electrons. The third-order valence-corrected chi connectivity index (χ3v) is 4.61. The molecule has 0 amide bonds. The lowest BCUT2D eigenvalue weighted by atomic mass is 10.0. The zero-order valence-corrected chi connectivity index (χ0v) is 14.7. The molecule has 0 aliphatic carbocycles. The molecule has 1 N–H and O–H groups in total. The van der Waals surface area contributed by atoms with E-state index >= 15 is 0 Å². The fourth-order valence-electron chi connectivity index (χ4n) is 3.24. The zero-order valence-electron chi connectivity index (χ0n) is 14.7. The van der Waals surface area contributed by atoms with E-state index in [0.29, 0.717) is 5.56 Å². The molecule has 0 spiro atoms. The molecule has 2 aromatic carbocycles. The minimum Gasteiger partial charge on any atom is -0.496 e. The molecule has 1 heterocycles. The van der Waals surface area contributed by atoms with Crippen molar-refractivity contribution in [2.75, 3.05) is 25.1 Å². The van der Waals surface area contributed by atoms with Gasteiger partial charge in [-0.05, 0) is 66.8 Å². The number of benzene rings is 2. The number of carboxylic acid groups (broad SMARTS) is 1. The van der Waals surface area contributed by atoms with Crippen molar-refractivity contribution < 1.29 is 14.6 Å². The summed E-state index contributed by atoms with van der Waals surface area (Å²) >= 11 is 0. The molecule has 1 aliphatic rings. The molecule has 4 nitrogen and oxygen atoms in total. The summed E-state index contributed by atoms with van der Waals surface area (Å²) in [5.74, 6) is -0.184. The number of anilines is 1. The lowest BCUT2D eigenvalue weighted by Gasteiger charge is -2.17. The normalized spacial score (nSPS) is 14.6. The SMILES string of the molecule is COc1ccc(/C(=C/c2ccc(N3CCCC3)cc2)C(=O)O)cc1C. The van der Waals surface area contributed by atoms with E-state index in [9.17, 15) is 9.90 Å². The van der Waals surface area contributed by atoms with E-state index in [-0.39, 0.29) is 5.57 Å². The van der Waals surface area contributed by atoms with Gasteiger partial charge in [0.2, 0.25) is 0 Å². The molecule has 1 saturated heterocycles. The number of hydrogen-bond acceptors (Lipinski definition) is 3. The summed E-state index contributed by atoms with van der Waals surface area (Å²) in [6.45, 7) is 4.11. The van der Waals surface area contributed by atoms with Crippen LogP contribution in [0.2, 0.25) is 0 Å². The highest BCUT2D eigenvalue weighted by Gasteiger charge is 2.14. The van der Waals surface area contributed by atoms with Crippen LogP contribution in [0.3, 0.4) is 0 Å². The molecule has 1 fully saturated rings. The van der Waals surface area contributed by atoms with Crippen LogP contribution in [0, 0.1) is 6.92 Å². The number of aliphatic carboxylic acids is 1. The lowest BCUT2D eigenvalue weighted by Crippen LogP contribution is -2.17. The van der Waals surface area contributed by atoms with E-state index in [2.05, 4.69) is 17.0 Å². The average molecular weight is 337 g/mol. The van der Waals surface area contributed by atoms with Gasteiger partial charge in [-0.3, -0.25) is 0 Å². The Balaban J connectivity index is 1.89. The molecule has 3 rings (SSSR count). The van der Waals surface area contributed by atoms with Crippen molar-refractivity contribution in [3.8, 4) is 5.75 Å². The van der Waals surface area contributed by atoms with Crippen molar-refractivity contribution in [3.05, 3.63) is 59.2 Å². The quantitative estimate of drug-likeness (QED) is 0.655. The van der Waals surface area contributed by atoms with Crippen LogP contribution < -0.4 is 9.64 Å². The number of carbonyl (C=O) groups is 1. The van der Waals surface area contributed by atoms with Crippen LogP contribution in [0.25, 0.3) is 11.6 Å². The fourth-order valence-corrected chi connectivity index (χ4v) is 3.24. The third kappa shape index (κ3) is 3.85. The van der Waals surface area contributed by atoms with Gasteiger partial charge >= 0.3 is 5.97 Å². The second-order valence-electron chi connectivity index (χ2n) is 6.33. The Bertz CT molecular complexity index is 787. The average Bonchev–Trinajstić information content (AvgIpc) is 3.14. The fraction of sp³-hybridized carbons (Fsp3) is 0.286. The summed E-state index contributed by atoms with van der Waals surface area (Å²) in [7, 11) is 1.61. The lowest BCUT2D eigenvalue weighted by molar-refractivity contribution is -0.130. The molecule has 0 bridgehead atoms. The largest absolute Gasteiger partial charge is 0.496 e. The molecule has 0 unspecified atom stereocenters. The Hall–Kier alpha value is -2.75. The van der Waals surface area contributed by atoms with Crippen LogP contribution in [0.5, 0.6) is 5.75 Å². The maximum absolute atomic E-state index is 11.7. The van der Waals surface area contributed by atoms with Gasteiger partial charge in [-0.25, -0.2) is 4.79 Å². The molecule has 2 aromatic rings. The molecular formula is C21H23NO3. The maximum Gasteiger partial charge on any atom is 0.336 e. The summed E-state index contributed by atoms with van der Waals surface area (Å²) in [5.41, 5.74) is 3.95. The highest BCUT2D eigenvalue weighted by atomic mass is 16.5. The maximum atomic E-state index is 11.7. The monoisotopic (exact) mass is 337 g/mol. The first-order valence-electron chi connectivity index (χ1n) is 8.53. The Morgan fingerprint density at radius 2 is 1.80 bits per heavy atom. The number of rotatable bonds is 5. The summed E-state index contributed by atoms with van der Waals surface area (Å²) in [4.78, 5) is 14.1. The Morgan fingerprint density at radius 3 is 2.36 bits per heavy atom. The molecule has 25 heavy (non-hydrogen) atoms. The number of aryl methyl sites for hydroxylation is 1. The highest BCUT2D eigenvalue weighted by molar-refractivity contribution is 6.20. The number of ether oxygens (including phenoxy) is 1. The van der Waals surface area contributed by atoms with E-state index in [1.54, 1.807) is 25.3 Å². The second kappa shape index (κ2) is 7.43. The summed E-state index contributed by atoms with van der Waals surface area (Å²) in [6.07, 6.45) is 4.20. The number of carboxylic acids is 1. The van der Waals surface area contributed by atoms with Crippen LogP contribution in [0.1, 0.15) is 29.5 Å². The molecule has 130 valence electrons. The van der Waals surface area contributed by atoms with Crippen LogP contribution >= 0.6 is 0 Å². The van der Waals surface area contributed by atoms with Gasteiger partial charge in [0, 0.05) is 18.8 Å². The molecule has 0 aromatic heterocycles. The van der Waals surface area contributed by atoms with Crippen molar-refractivity contribution in [1.82, 2.24) is 0 Å². The van der Waals surface area contributed by atoms with Crippen molar-refractivity contribution in [3.63, 3.8) is 0 Å². The second-order valence-corrected chi connectivity index (χ2v) is 6.33. The minimum atomic E-state index is -0.937. The number of nitrogens with zero attached hydrogens (tertiary/aromatic N) is 1. The van der Waals surface area contributed by atoms with Gasteiger partial charge < -0.3 is 14.7 Å². The van der Waals surface area contributed by atoms with Gasteiger partial charge in [-0.2, -0.15) is 0 Å². The van der Waals surface area contributed by atoms with Crippen LogP contribution in [-0.4, -0.2) is 31.3 Å². The molecule has 0 saturated carbocycles. The van der Waals surface area contributed by atoms with Gasteiger partial charge in [0.05, 0.1) is 12.7 Å². The molecule has 4 heteroatoms. The van der Waals surface area contributed by atoms with Gasteiger partial charge in [0.1, 0.15) is 5.75 Å². The van der Waals surface area contributed by atoms with E-state index in [4.69, 9.17) is 4.74 Å². The van der Waals surface area contributed by atoms with Crippen molar-refractivity contribution in [2.45, 2.75) is 19.8 Å². The van der Waals surface area contributed by atoms with Crippen molar-refractivity contribution in [1.29, 1.82) is 0 Å². The topological polar surface area (TPSA) is 49.8 Å². The van der Waals surface area contributed by atoms with Crippen molar-refractivity contribution >= 4 is 23.3 Å².